The van der Waals surface area contributed by atoms with Gasteiger partial charge in [-0.15, -0.1) is 0 Å². The maximum atomic E-state index is 12.0. The zero-order chi connectivity index (χ0) is 17.4. The van der Waals surface area contributed by atoms with E-state index in [4.69, 9.17) is 0 Å². The first-order chi connectivity index (χ1) is 11.6. The second kappa shape index (κ2) is 9.23. The number of hydrogen-bond acceptors (Lipinski definition) is 3. The number of benzene rings is 1. The van der Waals surface area contributed by atoms with E-state index in [1.54, 1.807) is 38.4 Å². The van der Waals surface area contributed by atoms with E-state index in [0.29, 0.717) is 11.3 Å². The standard InChI is InChI=1S/C19H27N3O2/c1-22(2)19(24)16-9-6-10-17(13-16)21-18(23)14-20-12-11-15-7-4-3-5-8-15/h6-7,9-10,13,20H,3-5,8,11-12,14H2,1-2H3,(H,21,23). The van der Waals surface area contributed by atoms with E-state index in [9.17, 15) is 9.59 Å². The van der Waals surface area contributed by atoms with Gasteiger partial charge in [-0.3, -0.25) is 9.59 Å². The molecule has 0 atom stereocenters. The number of rotatable bonds is 7. The van der Waals surface area contributed by atoms with Gasteiger partial charge >= 0.3 is 0 Å². The lowest BCUT2D eigenvalue weighted by atomic mass is 9.97. The lowest BCUT2D eigenvalue weighted by Crippen LogP contribution is -2.29. The van der Waals surface area contributed by atoms with E-state index in [1.165, 1.54) is 36.2 Å². The fourth-order valence-corrected chi connectivity index (χ4v) is 2.78. The molecule has 0 bridgehead atoms. The average Bonchev–Trinajstić information content (AvgIpc) is 2.59. The highest BCUT2D eigenvalue weighted by Crippen LogP contribution is 2.19. The number of nitrogens with zero attached hydrogens (tertiary/aromatic N) is 1. The highest BCUT2D eigenvalue weighted by Gasteiger charge is 2.09. The van der Waals surface area contributed by atoms with Gasteiger partial charge in [0.25, 0.3) is 5.91 Å². The topological polar surface area (TPSA) is 61.4 Å². The van der Waals surface area contributed by atoms with Crippen LogP contribution in [0.4, 0.5) is 5.69 Å². The fourth-order valence-electron chi connectivity index (χ4n) is 2.78. The van der Waals surface area contributed by atoms with Crippen molar-refractivity contribution in [1.29, 1.82) is 0 Å². The SMILES string of the molecule is CN(C)C(=O)c1cccc(NC(=O)CNCCC2=CCCCC2)c1. The Morgan fingerprint density at radius 2 is 2.04 bits per heavy atom. The minimum Gasteiger partial charge on any atom is -0.345 e. The normalized spacial score (nSPS) is 14.0. The lowest BCUT2D eigenvalue weighted by Gasteiger charge is -2.13. The number of carbonyl (C=O) groups is 2. The van der Waals surface area contributed by atoms with Crippen LogP contribution in [0.2, 0.25) is 0 Å². The monoisotopic (exact) mass is 329 g/mol. The van der Waals surface area contributed by atoms with Crippen molar-refractivity contribution in [1.82, 2.24) is 10.2 Å². The maximum Gasteiger partial charge on any atom is 0.253 e. The van der Waals surface area contributed by atoms with Crippen molar-refractivity contribution in [2.45, 2.75) is 32.1 Å². The van der Waals surface area contributed by atoms with Crippen molar-refractivity contribution >= 4 is 17.5 Å². The van der Waals surface area contributed by atoms with E-state index in [2.05, 4.69) is 16.7 Å². The van der Waals surface area contributed by atoms with Gasteiger partial charge in [0.2, 0.25) is 5.91 Å². The molecule has 0 saturated heterocycles. The summed E-state index contributed by atoms with van der Waals surface area (Å²) >= 11 is 0. The highest BCUT2D eigenvalue weighted by atomic mass is 16.2. The van der Waals surface area contributed by atoms with Crippen molar-refractivity contribution in [3.8, 4) is 0 Å². The summed E-state index contributed by atoms with van der Waals surface area (Å²) in [7, 11) is 3.42. The summed E-state index contributed by atoms with van der Waals surface area (Å²) < 4.78 is 0. The Morgan fingerprint density at radius 3 is 2.75 bits per heavy atom. The van der Waals surface area contributed by atoms with Crippen LogP contribution < -0.4 is 10.6 Å². The minimum absolute atomic E-state index is 0.0787. The molecule has 1 aromatic carbocycles. The fraction of sp³-hybridized carbons (Fsp3) is 0.474. The molecule has 1 aliphatic rings. The first-order valence-corrected chi connectivity index (χ1v) is 8.56. The number of hydrogen-bond donors (Lipinski definition) is 2. The predicted octanol–water partition coefficient (Wildman–Crippen LogP) is 2.81. The second-order valence-electron chi connectivity index (χ2n) is 6.36. The molecule has 2 N–H and O–H groups in total. The van der Waals surface area contributed by atoms with Crippen molar-refractivity contribution in [2.75, 3.05) is 32.5 Å². The van der Waals surface area contributed by atoms with Crippen LogP contribution in [0.5, 0.6) is 0 Å². The zero-order valence-corrected chi connectivity index (χ0v) is 14.6. The summed E-state index contributed by atoms with van der Waals surface area (Å²) in [4.78, 5) is 25.5. The van der Waals surface area contributed by atoms with Crippen LogP contribution in [0.25, 0.3) is 0 Å². The van der Waals surface area contributed by atoms with Gasteiger partial charge in [-0.2, -0.15) is 0 Å². The quantitative estimate of drug-likeness (QED) is 0.597. The summed E-state index contributed by atoms with van der Waals surface area (Å²) in [5, 5.41) is 6.01. The molecule has 5 nitrogen and oxygen atoms in total. The molecule has 2 rings (SSSR count). The Kier molecular flexibility index (Phi) is 7.00. The van der Waals surface area contributed by atoms with Crippen LogP contribution in [0, 0.1) is 0 Å². The van der Waals surface area contributed by atoms with Crippen LogP contribution in [-0.2, 0) is 4.79 Å². The first kappa shape index (κ1) is 18.2. The number of nitrogens with one attached hydrogen (secondary N) is 2. The van der Waals surface area contributed by atoms with Crippen LogP contribution in [0.1, 0.15) is 42.5 Å². The summed E-state index contributed by atoms with van der Waals surface area (Å²) in [5.74, 6) is -0.174. The van der Waals surface area contributed by atoms with Crippen LogP contribution in [0.15, 0.2) is 35.9 Å². The molecule has 0 saturated carbocycles. The molecule has 24 heavy (non-hydrogen) atoms. The van der Waals surface area contributed by atoms with E-state index < -0.39 is 0 Å². The number of anilines is 1. The molecular formula is C19H27N3O2. The van der Waals surface area contributed by atoms with Crippen molar-refractivity contribution in [3.63, 3.8) is 0 Å². The third-order valence-corrected chi connectivity index (χ3v) is 4.09. The molecule has 5 heteroatoms. The van der Waals surface area contributed by atoms with Gasteiger partial charge in [0.15, 0.2) is 0 Å². The van der Waals surface area contributed by atoms with Gasteiger partial charge in [-0.25, -0.2) is 0 Å². The Bertz CT molecular complexity index is 608. The lowest BCUT2D eigenvalue weighted by molar-refractivity contribution is -0.115. The largest absolute Gasteiger partial charge is 0.345 e. The van der Waals surface area contributed by atoms with Gasteiger partial charge in [0.05, 0.1) is 6.54 Å². The van der Waals surface area contributed by atoms with Crippen molar-refractivity contribution in [3.05, 3.63) is 41.5 Å². The zero-order valence-electron chi connectivity index (χ0n) is 14.6. The predicted molar refractivity (Wildman–Crippen MR) is 97.1 cm³/mol. The molecule has 0 heterocycles. The van der Waals surface area contributed by atoms with Crippen LogP contribution in [-0.4, -0.2) is 43.9 Å². The third-order valence-electron chi connectivity index (χ3n) is 4.09. The van der Waals surface area contributed by atoms with Gasteiger partial charge < -0.3 is 15.5 Å². The molecule has 0 fully saturated rings. The molecule has 2 amide bonds. The maximum absolute atomic E-state index is 12.0. The van der Waals surface area contributed by atoms with Gasteiger partial charge in [-0.1, -0.05) is 17.7 Å². The van der Waals surface area contributed by atoms with E-state index in [0.717, 1.165) is 13.0 Å². The number of carbonyl (C=O) groups excluding carboxylic acids is 2. The van der Waals surface area contributed by atoms with Gasteiger partial charge in [-0.05, 0) is 56.8 Å². The highest BCUT2D eigenvalue weighted by molar-refractivity contribution is 5.97. The first-order valence-electron chi connectivity index (χ1n) is 8.56. The number of allylic oxidation sites excluding steroid dienone is 1. The average molecular weight is 329 g/mol. The number of amides is 2. The van der Waals surface area contributed by atoms with E-state index in [1.807, 2.05) is 0 Å². The molecule has 1 aliphatic carbocycles. The molecule has 0 spiro atoms. The van der Waals surface area contributed by atoms with Crippen molar-refractivity contribution < 1.29 is 9.59 Å². The molecule has 0 aromatic heterocycles. The Hall–Kier alpha value is -2.14. The minimum atomic E-state index is -0.0953. The second-order valence-corrected chi connectivity index (χ2v) is 6.36. The van der Waals surface area contributed by atoms with E-state index in [-0.39, 0.29) is 18.4 Å². The van der Waals surface area contributed by atoms with E-state index >= 15 is 0 Å². The molecular weight excluding hydrogens is 302 g/mol. The van der Waals surface area contributed by atoms with Crippen LogP contribution in [0.3, 0.4) is 0 Å². The smallest absolute Gasteiger partial charge is 0.253 e. The summed E-state index contributed by atoms with van der Waals surface area (Å²) in [5.41, 5.74) is 2.71. The Balaban J connectivity index is 1.75. The van der Waals surface area contributed by atoms with Crippen molar-refractivity contribution in [2.24, 2.45) is 0 Å². The third kappa shape index (κ3) is 5.81. The Labute approximate surface area is 144 Å². The molecule has 1 aromatic rings. The molecule has 130 valence electrons. The summed E-state index contributed by atoms with van der Waals surface area (Å²) in [6, 6.07) is 7.01. The van der Waals surface area contributed by atoms with Gasteiger partial charge in [0, 0.05) is 25.3 Å². The molecule has 0 aliphatic heterocycles. The van der Waals surface area contributed by atoms with Crippen LogP contribution >= 0.6 is 0 Å². The molecule has 0 unspecified atom stereocenters. The Morgan fingerprint density at radius 1 is 1.21 bits per heavy atom. The molecule has 0 radical (unpaired) electrons. The summed E-state index contributed by atoms with van der Waals surface area (Å²) in [6.45, 7) is 1.09. The summed E-state index contributed by atoms with van der Waals surface area (Å²) in [6.07, 6.45) is 8.32. The van der Waals surface area contributed by atoms with Gasteiger partial charge in [0.1, 0.15) is 0 Å².